The van der Waals surface area contributed by atoms with Crippen molar-refractivity contribution in [3.05, 3.63) is 53.6 Å². The Morgan fingerprint density at radius 1 is 1.24 bits per heavy atom. The van der Waals surface area contributed by atoms with E-state index in [9.17, 15) is 18.0 Å². The molecule has 0 atom stereocenters. The Morgan fingerprint density at radius 2 is 2.00 bits per heavy atom. The number of anilines is 2. The van der Waals surface area contributed by atoms with Crippen LogP contribution in [-0.4, -0.2) is 26.9 Å². The molecule has 3 rings (SSSR count). The van der Waals surface area contributed by atoms with Crippen LogP contribution in [0.3, 0.4) is 0 Å². The molecule has 2 N–H and O–H groups in total. The largest absolute Gasteiger partial charge is 0.462 e. The summed E-state index contributed by atoms with van der Waals surface area (Å²) in [4.78, 5) is 23.4. The number of carbonyl (C=O) groups excluding carboxylic acids is 2. The first-order valence-corrected chi connectivity index (χ1v) is 9.11. The van der Waals surface area contributed by atoms with Gasteiger partial charge in [0.1, 0.15) is 0 Å². The van der Waals surface area contributed by atoms with E-state index in [2.05, 4.69) is 10.0 Å². The van der Waals surface area contributed by atoms with Crippen molar-refractivity contribution in [3.8, 4) is 0 Å². The molecule has 7 nitrogen and oxygen atoms in total. The van der Waals surface area contributed by atoms with E-state index in [4.69, 9.17) is 4.74 Å². The highest BCUT2D eigenvalue weighted by atomic mass is 32.2. The first-order chi connectivity index (χ1) is 11.9. The summed E-state index contributed by atoms with van der Waals surface area (Å²) in [5.74, 6) is -0.783. The summed E-state index contributed by atoms with van der Waals surface area (Å²) < 4.78 is 32.6. The van der Waals surface area contributed by atoms with Crippen LogP contribution in [0.25, 0.3) is 0 Å². The molecular formula is C17H16N2O5S. The smallest absolute Gasteiger partial charge is 0.340 e. The molecule has 130 valence electrons. The van der Waals surface area contributed by atoms with E-state index in [0.29, 0.717) is 11.3 Å². The van der Waals surface area contributed by atoms with Crippen LogP contribution in [0, 0.1) is 0 Å². The van der Waals surface area contributed by atoms with Crippen LogP contribution in [-0.2, 0) is 26.0 Å². The summed E-state index contributed by atoms with van der Waals surface area (Å²) in [5.41, 5.74) is 1.49. The maximum Gasteiger partial charge on any atom is 0.340 e. The molecule has 1 aliphatic rings. The monoisotopic (exact) mass is 360 g/mol. The summed E-state index contributed by atoms with van der Waals surface area (Å²) >= 11 is 0. The lowest BCUT2D eigenvalue weighted by Crippen LogP contribution is -2.16. The summed E-state index contributed by atoms with van der Waals surface area (Å²) in [6.45, 7) is 1.86. The fourth-order valence-electron chi connectivity index (χ4n) is 2.54. The number of sulfonamides is 1. The molecule has 2 aromatic carbocycles. The zero-order chi connectivity index (χ0) is 18.0. The Bertz CT molecular complexity index is 953. The molecule has 0 saturated carbocycles. The molecule has 0 bridgehead atoms. The number of hydrogen-bond donors (Lipinski definition) is 2. The Morgan fingerprint density at radius 3 is 2.76 bits per heavy atom. The minimum absolute atomic E-state index is 0.0152. The number of esters is 1. The number of amides is 1. The van der Waals surface area contributed by atoms with Crippen LogP contribution in [0.2, 0.25) is 0 Å². The van der Waals surface area contributed by atoms with E-state index in [1.807, 2.05) is 0 Å². The summed E-state index contributed by atoms with van der Waals surface area (Å²) in [5, 5.41) is 2.65. The molecule has 1 amide bonds. The average Bonchev–Trinajstić information content (AvgIpc) is 2.94. The van der Waals surface area contributed by atoms with E-state index >= 15 is 0 Å². The van der Waals surface area contributed by atoms with Crippen molar-refractivity contribution in [2.75, 3.05) is 16.6 Å². The average molecular weight is 360 g/mol. The number of rotatable bonds is 5. The molecule has 2 aromatic rings. The lowest BCUT2D eigenvalue weighted by Gasteiger charge is -2.12. The lowest BCUT2D eigenvalue weighted by atomic mass is 10.2. The lowest BCUT2D eigenvalue weighted by molar-refractivity contribution is -0.115. The maximum absolute atomic E-state index is 12.6. The van der Waals surface area contributed by atoms with Gasteiger partial charge in [-0.15, -0.1) is 0 Å². The highest BCUT2D eigenvalue weighted by Crippen LogP contribution is 2.27. The number of benzene rings is 2. The molecule has 0 radical (unpaired) electrons. The number of nitrogens with one attached hydrogen (secondary N) is 2. The van der Waals surface area contributed by atoms with Gasteiger partial charge in [-0.25, -0.2) is 13.2 Å². The van der Waals surface area contributed by atoms with Crippen LogP contribution in [0.5, 0.6) is 0 Å². The quantitative estimate of drug-likeness (QED) is 0.796. The predicted molar refractivity (Wildman–Crippen MR) is 92.0 cm³/mol. The van der Waals surface area contributed by atoms with Gasteiger partial charge < -0.3 is 10.1 Å². The molecule has 0 unspecified atom stereocenters. The van der Waals surface area contributed by atoms with E-state index in [0.717, 1.165) is 0 Å². The molecule has 25 heavy (non-hydrogen) atoms. The molecule has 0 aliphatic carbocycles. The zero-order valence-electron chi connectivity index (χ0n) is 13.4. The molecule has 0 aromatic heterocycles. The van der Waals surface area contributed by atoms with Crippen LogP contribution in [0.4, 0.5) is 11.4 Å². The van der Waals surface area contributed by atoms with E-state index in [1.54, 1.807) is 25.1 Å². The maximum atomic E-state index is 12.6. The predicted octanol–water partition coefficient (Wildman–Crippen LogP) is 2.16. The van der Waals surface area contributed by atoms with Gasteiger partial charge in [-0.1, -0.05) is 12.1 Å². The molecule has 8 heteroatoms. The number of fused-ring (bicyclic) bond motifs is 1. The van der Waals surface area contributed by atoms with Crippen LogP contribution < -0.4 is 10.0 Å². The molecule has 1 heterocycles. The van der Waals surface area contributed by atoms with Gasteiger partial charge in [0.25, 0.3) is 10.0 Å². The number of hydrogen-bond acceptors (Lipinski definition) is 5. The zero-order valence-corrected chi connectivity index (χ0v) is 14.2. The standard InChI is InChI=1S/C17H16N2O5S/c1-2-24-17(21)13-5-3-4-6-15(13)19-25(22,23)12-7-8-14-11(9-12)10-16(20)18-14/h3-9,19H,2,10H2,1H3,(H,18,20). The topological polar surface area (TPSA) is 102 Å². The molecular weight excluding hydrogens is 344 g/mol. The first kappa shape index (κ1) is 17.0. The Balaban J connectivity index is 1.92. The fourth-order valence-corrected chi connectivity index (χ4v) is 3.67. The van der Waals surface area contributed by atoms with Gasteiger partial charge in [0, 0.05) is 5.69 Å². The van der Waals surface area contributed by atoms with E-state index < -0.39 is 16.0 Å². The second-order valence-corrected chi connectivity index (χ2v) is 7.10. The Labute approximate surface area is 145 Å². The summed E-state index contributed by atoms with van der Waals surface area (Å²) in [6, 6.07) is 10.6. The van der Waals surface area contributed by atoms with Crippen molar-refractivity contribution in [2.24, 2.45) is 0 Å². The third-order valence-corrected chi connectivity index (χ3v) is 5.04. The Hall–Kier alpha value is -2.87. The number of carbonyl (C=O) groups is 2. The highest BCUT2D eigenvalue weighted by Gasteiger charge is 2.23. The second kappa shape index (κ2) is 6.56. The van der Waals surface area contributed by atoms with Crippen molar-refractivity contribution in [1.82, 2.24) is 0 Å². The fraction of sp³-hybridized carbons (Fsp3) is 0.176. The first-order valence-electron chi connectivity index (χ1n) is 7.62. The van der Waals surface area contributed by atoms with Gasteiger partial charge in [0.05, 0.1) is 29.2 Å². The second-order valence-electron chi connectivity index (χ2n) is 5.42. The van der Waals surface area contributed by atoms with E-state index in [1.165, 1.54) is 24.3 Å². The SMILES string of the molecule is CCOC(=O)c1ccccc1NS(=O)(=O)c1ccc2c(c1)CC(=O)N2. The summed E-state index contributed by atoms with van der Waals surface area (Å²) in [7, 11) is -3.92. The number of ether oxygens (including phenoxy) is 1. The third-order valence-electron chi connectivity index (χ3n) is 3.68. The van der Waals surface area contributed by atoms with Gasteiger partial charge >= 0.3 is 5.97 Å². The number of para-hydroxylation sites is 1. The highest BCUT2D eigenvalue weighted by molar-refractivity contribution is 7.92. The normalized spacial score (nSPS) is 13.1. The van der Waals surface area contributed by atoms with Gasteiger partial charge in [0.15, 0.2) is 0 Å². The van der Waals surface area contributed by atoms with Gasteiger partial charge in [0.2, 0.25) is 5.91 Å². The molecule has 0 saturated heterocycles. The van der Waals surface area contributed by atoms with Crippen LogP contribution in [0.1, 0.15) is 22.8 Å². The van der Waals surface area contributed by atoms with Crippen molar-refractivity contribution in [3.63, 3.8) is 0 Å². The van der Waals surface area contributed by atoms with Crippen LogP contribution in [0.15, 0.2) is 47.4 Å². The van der Waals surface area contributed by atoms with Gasteiger partial charge in [-0.2, -0.15) is 0 Å². The van der Waals surface area contributed by atoms with Crippen molar-refractivity contribution in [1.29, 1.82) is 0 Å². The van der Waals surface area contributed by atoms with E-state index in [-0.39, 0.29) is 35.1 Å². The third kappa shape index (κ3) is 3.48. The van der Waals surface area contributed by atoms with Crippen LogP contribution >= 0.6 is 0 Å². The minimum atomic E-state index is -3.92. The Kier molecular flexibility index (Phi) is 4.45. The van der Waals surface area contributed by atoms with Gasteiger partial charge in [-0.3, -0.25) is 9.52 Å². The molecule has 0 fully saturated rings. The summed E-state index contributed by atoms with van der Waals surface area (Å²) in [6.07, 6.45) is 0.137. The minimum Gasteiger partial charge on any atom is -0.462 e. The molecule has 0 spiro atoms. The molecule has 1 aliphatic heterocycles. The van der Waals surface area contributed by atoms with Gasteiger partial charge in [-0.05, 0) is 42.8 Å². The van der Waals surface area contributed by atoms with Crippen molar-refractivity contribution >= 4 is 33.3 Å². The van der Waals surface area contributed by atoms with Crippen molar-refractivity contribution in [2.45, 2.75) is 18.2 Å². The van der Waals surface area contributed by atoms with Crippen molar-refractivity contribution < 1.29 is 22.7 Å².